The van der Waals surface area contributed by atoms with Gasteiger partial charge in [-0.25, -0.2) is 0 Å². The molecule has 1 heterocycles. The first-order chi connectivity index (χ1) is 4.93. The Morgan fingerprint density at radius 2 is 2.60 bits per heavy atom. The van der Waals surface area contributed by atoms with Crippen LogP contribution in [0.2, 0.25) is 0 Å². The van der Waals surface area contributed by atoms with E-state index < -0.39 is 0 Å². The minimum absolute atomic E-state index is 0.355. The predicted molar refractivity (Wildman–Crippen MR) is 37.5 cm³/mol. The number of hydrogen-bond acceptors (Lipinski definition) is 3. The maximum Gasteiger partial charge on any atom is 0.0841 e. The van der Waals surface area contributed by atoms with Crippen molar-refractivity contribution in [3.63, 3.8) is 0 Å². The van der Waals surface area contributed by atoms with E-state index in [1.165, 1.54) is 6.42 Å². The van der Waals surface area contributed by atoms with Crippen LogP contribution in [0.3, 0.4) is 0 Å². The molecule has 0 aromatic heterocycles. The van der Waals surface area contributed by atoms with Gasteiger partial charge in [-0.05, 0) is 12.8 Å². The molecule has 1 rings (SSSR count). The fourth-order valence-electron chi connectivity index (χ4n) is 1.09. The largest absolute Gasteiger partial charge is 0.377 e. The Bertz CT molecular complexity index is 124. The molecule has 3 heteroatoms. The molecule has 0 radical (unpaired) electrons. The van der Waals surface area contributed by atoms with Crippen LogP contribution in [0.1, 0.15) is 12.8 Å². The Balaban J connectivity index is 1.97. The highest BCUT2D eigenvalue weighted by molar-refractivity contribution is 4.75. The summed E-state index contributed by atoms with van der Waals surface area (Å²) >= 11 is 0. The number of rotatable bonds is 3. The van der Waals surface area contributed by atoms with Crippen LogP contribution >= 0.6 is 0 Å². The zero-order valence-electron chi connectivity index (χ0n) is 5.97. The number of nitrogens with one attached hydrogen (secondary N) is 1. The molecule has 56 valence electrons. The van der Waals surface area contributed by atoms with E-state index in [2.05, 4.69) is 5.32 Å². The van der Waals surface area contributed by atoms with Crippen molar-refractivity contribution in [2.45, 2.75) is 18.9 Å². The average molecular weight is 140 g/mol. The van der Waals surface area contributed by atoms with Crippen molar-refractivity contribution < 1.29 is 4.74 Å². The first-order valence-electron chi connectivity index (χ1n) is 3.63. The van der Waals surface area contributed by atoms with E-state index in [4.69, 9.17) is 10.00 Å². The first-order valence-corrected chi connectivity index (χ1v) is 3.63. The third-order valence-corrected chi connectivity index (χ3v) is 1.60. The lowest BCUT2D eigenvalue weighted by Crippen LogP contribution is -2.26. The summed E-state index contributed by atoms with van der Waals surface area (Å²) in [6.07, 6.45) is 2.66. The minimum atomic E-state index is 0.355. The van der Waals surface area contributed by atoms with Crippen LogP contribution in [0.25, 0.3) is 0 Å². The molecule has 0 bridgehead atoms. The maximum atomic E-state index is 8.19. The predicted octanol–water partition coefficient (Wildman–Crippen LogP) is 0.279. The van der Waals surface area contributed by atoms with Gasteiger partial charge in [0.05, 0.1) is 18.7 Å². The molecule has 1 unspecified atom stereocenters. The fraction of sp³-hybridized carbons (Fsp3) is 0.857. The Kier molecular flexibility index (Phi) is 3.20. The summed E-state index contributed by atoms with van der Waals surface area (Å²) in [7, 11) is 0. The van der Waals surface area contributed by atoms with Gasteiger partial charge in [0.25, 0.3) is 0 Å². The Labute approximate surface area is 61.0 Å². The molecule has 0 aliphatic carbocycles. The summed E-state index contributed by atoms with van der Waals surface area (Å²) in [6.45, 7) is 2.15. The molecule has 0 saturated carbocycles. The third-order valence-electron chi connectivity index (χ3n) is 1.60. The highest BCUT2D eigenvalue weighted by Gasteiger charge is 2.13. The summed E-state index contributed by atoms with van der Waals surface area (Å²) in [5.74, 6) is 0. The average Bonchev–Trinajstić information content (AvgIpc) is 2.41. The summed E-state index contributed by atoms with van der Waals surface area (Å²) < 4.78 is 5.33. The lowest BCUT2D eigenvalue weighted by atomic mass is 10.2. The summed E-state index contributed by atoms with van der Waals surface area (Å²) in [4.78, 5) is 0. The van der Waals surface area contributed by atoms with E-state index in [-0.39, 0.29) is 0 Å². The lowest BCUT2D eigenvalue weighted by molar-refractivity contribution is 0.111. The quantitative estimate of drug-likeness (QED) is 0.452. The van der Waals surface area contributed by atoms with Crippen molar-refractivity contribution in [3.8, 4) is 6.07 Å². The Morgan fingerprint density at radius 3 is 3.20 bits per heavy atom. The van der Waals surface area contributed by atoms with Gasteiger partial charge in [0.1, 0.15) is 0 Å². The van der Waals surface area contributed by atoms with Crippen molar-refractivity contribution in [1.29, 1.82) is 5.26 Å². The lowest BCUT2D eigenvalue weighted by Gasteiger charge is -2.07. The fourth-order valence-corrected chi connectivity index (χ4v) is 1.09. The molecular weight excluding hydrogens is 128 g/mol. The van der Waals surface area contributed by atoms with Gasteiger partial charge >= 0.3 is 0 Å². The molecule has 0 spiro atoms. The van der Waals surface area contributed by atoms with Crippen LogP contribution in [0, 0.1) is 11.3 Å². The van der Waals surface area contributed by atoms with Crippen LogP contribution < -0.4 is 5.32 Å². The molecule has 0 amide bonds. The summed E-state index contributed by atoms with van der Waals surface area (Å²) in [5, 5.41) is 11.2. The van der Waals surface area contributed by atoms with Gasteiger partial charge in [-0.1, -0.05) is 0 Å². The first kappa shape index (κ1) is 7.52. The highest BCUT2D eigenvalue weighted by atomic mass is 16.5. The number of ether oxygens (including phenoxy) is 1. The monoisotopic (exact) mass is 140 g/mol. The van der Waals surface area contributed by atoms with E-state index in [1.807, 2.05) is 6.07 Å². The zero-order valence-corrected chi connectivity index (χ0v) is 5.97. The van der Waals surface area contributed by atoms with Crippen molar-refractivity contribution >= 4 is 0 Å². The van der Waals surface area contributed by atoms with E-state index >= 15 is 0 Å². The van der Waals surface area contributed by atoms with Crippen molar-refractivity contribution in [2.24, 2.45) is 0 Å². The molecule has 10 heavy (non-hydrogen) atoms. The second-order valence-electron chi connectivity index (χ2n) is 2.42. The number of nitrogens with zero attached hydrogens (tertiary/aromatic N) is 1. The number of nitriles is 1. The van der Waals surface area contributed by atoms with E-state index in [9.17, 15) is 0 Å². The van der Waals surface area contributed by atoms with E-state index in [0.29, 0.717) is 12.6 Å². The van der Waals surface area contributed by atoms with E-state index in [1.54, 1.807) is 0 Å². The van der Waals surface area contributed by atoms with Crippen LogP contribution in [0.4, 0.5) is 0 Å². The molecule has 0 aromatic carbocycles. The molecule has 1 aliphatic heterocycles. The Morgan fingerprint density at radius 1 is 1.70 bits per heavy atom. The van der Waals surface area contributed by atoms with Crippen LogP contribution in [0.15, 0.2) is 0 Å². The van der Waals surface area contributed by atoms with Gasteiger partial charge < -0.3 is 10.1 Å². The van der Waals surface area contributed by atoms with Gasteiger partial charge in [0, 0.05) is 13.2 Å². The third kappa shape index (κ3) is 2.34. The maximum absolute atomic E-state index is 8.19. The van der Waals surface area contributed by atoms with Crippen LogP contribution in [-0.4, -0.2) is 25.8 Å². The summed E-state index contributed by atoms with van der Waals surface area (Å²) in [5.41, 5.74) is 0. The summed E-state index contributed by atoms with van der Waals surface area (Å²) in [6, 6.07) is 2.02. The number of hydrogen-bond donors (Lipinski definition) is 1. The zero-order chi connectivity index (χ0) is 7.23. The van der Waals surface area contributed by atoms with Gasteiger partial charge in [-0.15, -0.1) is 0 Å². The molecule has 0 aromatic rings. The topological polar surface area (TPSA) is 45.0 Å². The molecule has 1 N–H and O–H groups in total. The Hall–Kier alpha value is -0.590. The minimum Gasteiger partial charge on any atom is -0.377 e. The van der Waals surface area contributed by atoms with Gasteiger partial charge in [0.2, 0.25) is 0 Å². The van der Waals surface area contributed by atoms with E-state index in [0.717, 1.165) is 19.6 Å². The van der Waals surface area contributed by atoms with Gasteiger partial charge in [-0.3, -0.25) is 0 Å². The van der Waals surface area contributed by atoms with Crippen molar-refractivity contribution in [2.75, 3.05) is 19.7 Å². The van der Waals surface area contributed by atoms with Gasteiger partial charge in [0.15, 0.2) is 0 Å². The normalized spacial score (nSPS) is 24.5. The molecule has 1 fully saturated rings. The highest BCUT2D eigenvalue weighted by Crippen LogP contribution is 2.09. The molecule has 3 nitrogen and oxygen atoms in total. The SMILES string of the molecule is N#CCNCC1CCCO1. The molecular formula is C7H12N2O. The van der Waals surface area contributed by atoms with Crippen LogP contribution in [-0.2, 0) is 4.74 Å². The smallest absolute Gasteiger partial charge is 0.0841 e. The molecule has 1 saturated heterocycles. The molecule has 1 aliphatic rings. The standard InChI is InChI=1S/C7H12N2O/c8-3-4-9-6-7-2-1-5-10-7/h7,9H,1-2,4-6H2. The van der Waals surface area contributed by atoms with Crippen molar-refractivity contribution in [3.05, 3.63) is 0 Å². The van der Waals surface area contributed by atoms with Crippen molar-refractivity contribution in [1.82, 2.24) is 5.32 Å². The van der Waals surface area contributed by atoms with Gasteiger partial charge in [-0.2, -0.15) is 5.26 Å². The molecule has 1 atom stereocenters. The second kappa shape index (κ2) is 4.26. The van der Waals surface area contributed by atoms with Crippen LogP contribution in [0.5, 0.6) is 0 Å². The second-order valence-corrected chi connectivity index (χ2v) is 2.42.